The van der Waals surface area contributed by atoms with Crippen molar-refractivity contribution < 1.29 is 4.79 Å². The fourth-order valence-electron chi connectivity index (χ4n) is 2.20. The van der Waals surface area contributed by atoms with E-state index in [-0.39, 0.29) is 17.9 Å². The zero-order valence-electron chi connectivity index (χ0n) is 9.52. The van der Waals surface area contributed by atoms with Crippen LogP contribution in [0.4, 0.5) is 0 Å². The van der Waals surface area contributed by atoms with Crippen LogP contribution >= 0.6 is 0 Å². The molecule has 0 spiro atoms. The van der Waals surface area contributed by atoms with Gasteiger partial charge in [-0.25, -0.2) is 0 Å². The van der Waals surface area contributed by atoms with Crippen molar-refractivity contribution in [3.05, 3.63) is 18.0 Å². The minimum Gasteiger partial charge on any atom is -0.352 e. The Balaban J connectivity index is 1.83. The van der Waals surface area contributed by atoms with Crippen LogP contribution in [0.1, 0.15) is 24.8 Å². The van der Waals surface area contributed by atoms with Gasteiger partial charge in [-0.15, -0.1) is 0 Å². The number of nitrogens with zero attached hydrogens (tertiary/aromatic N) is 2. The molecule has 16 heavy (non-hydrogen) atoms. The lowest BCUT2D eigenvalue weighted by Gasteiger charge is -2.14. The first-order valence-corrected chi connectivity index (χ1v) is 5.67. The van der Waals surface area contributed by atoms with Gasteiger partial charge in [0.15, 0.2) is 0 Å². The maximum Gasteiger partial charge on any atom is 0.224 e. The standard InChI is InChI=1S/C11H18N4O/c1-15-7-8(6-14-15)5-13-11(16)9-3-2-4-10(9)12/h6-7,9-10H,2-5,12H2,1H3,(H,13,16). The summed E-state index contributed by atoms with van der Waals surface area (Å²) in [6, 6.07) is 0.0360. The van der Waals surface area contributed by atoms with Crippen molar-refractivity contribution in [3.63, 3.8) is 0 Å². The highest BCUT2D eigenvalue weighted by molar-refractivity contribution is 5.79. The largest absolute Gasteiger partial charge is 0.352 e. The molecule has 3 N–H and O–H groups in total. The van der Waals surface area contributed by atoms with Gasteiger partial charge in [0, 0.05) is 31.4 Å². The summed E-state index contributed by atoms with van der Waals surface area (Å²) in [5.74, 6) is 0.0746. The van der Waals surface area contributed by atoms with Gasteiger partial charge in [-0.2, -0.15) is 5.10 Å². The molecule has 1 aromatic heterocycles. The lowest BCUT2D eigenvalue weighted by molar-refractivity contribution is -0.125. The van der Waals surface area contributed by atoms with Crippen LogP contribution in [0.5, 0.6) is 0 Å². The molecule has 0 aliphatic heterocycles. The van der Waals surface area contributed by atoms with Crippen LogP contribution < -0.4 is 11.1 Å². The van der Waals surface area contributed by atoms with Crippen molar-refractivity contribution >= 4 is 5.91 Å². The SMILES string of the molecule is Cn1cc(CNC(=O)C2CCCC2N)cn1. The van der Waals surface area contributed by atoms with Crippen molar-refractivity contribution in [1.29, 1.82) is 0 Å². The number of aromatic nitrogens is 2. The minimum atomic E-state index is -0.00308. The first-order valence-electron chi connectivity index (χ1n) is 5.67. The molecule has 2 atom stereocenters. The molecule has 1 aromatic rings. The zero-order chi connectivity index (χ0) is 11.5. The summed E-state index contributed by atoms with van der Waals surface area (Å²) in [6.07, 6.45) is 6.60. The maximum absolute atomic E-state index is 11.8. The van der Waals surface area contributed by atoms with Crippen LogP contribution in [0.25, 0.3) is 0 Å². The van der Waals surface area contributed by atoms with Crippen molar-refractivity contribution in [2.24, 2.45) is 18.7 Å². The fraction of sp³-hybridized carbons (Fsp3) is 0.636. The fourth-order valence-corrected chi connectivity index (χ4v) is 2.20. The molecule has 1 aliphatic rings. The number of hydrogen-bond acceptors (Lipinski definition) is 3. The summed E-state index contributed by atoms with van der Waals surface area (Å²) < 4.78 is 1.72. The third-order valence-corrected chi connectivity index (χ3v) is 3.13. The molecule has 1 amide bonds. The molecule has 0 radical (unpaired) electrons. The number of rotatable bonds is 3. The zero-order valence-corrected chi connectivity index (χ0v) is 9.52. The molecular formula is C11H18N4O. The molecule has 88 valence electrons. The third kappa shape index (κ3) is 2.41. The number of aryl methyl sites for hydroxylation is 1. The monoisotopic (exact) mass is 222 g/mol. The van der Waals surface area contributed by atoms with Gasteiger partial charge in [0.1, 0.15) is 0 Å². The Morgan fingerprint density at radius 1 is 1.69 bits per heavy atom. The van der Waals surface area contributed by atoms with Crippen LogP contribution in [0.15, 0.2) is 12.4 Å². The number of nitrogens with one attached hydrogen (secondary N) is 1. The molecule has 2 rings (SSSR count). The second-order valence-electron chi connectivity index (χ2n) is 4.44. The summed E-state index contributed by atoms with van der Waals surface area (Å²) in [5, 5.41) is 6.96. The van der Waals surface area contributed by atoms with E-state index in [1.165, 1.54) is 0 Å². The normalized spacial score (nSPS) is 24.6. The van der Waals surface area contributed by atoms with Crippen molar-refractivity contribution in [2.75, 3.05) is 0 Å². The van der Waals surface area contributed by atoms with E-state index in [0.29, 0.717) is 6.54 Å². The van der Waals surface area contributed by atoms with Gasteiger partial charge in [-0.3, -0.25) is 9.48 Å². The van der Waals surface area contributed by atoms with E-state index in [4.69, 9.17) is 5.73 Å². The molecule has 1 fully saturated rings. The van der Waals surface area contributed by atoms with Crippen LogP contribution in [-0.2, 0) is 18.4 Å². The van der Waals surface area contributed by atoms with E-state index in [1.54, 1.807) is 10.9 Å². The van der Waals surface area contributed by atoms with E-state index < -0.39 is 0 Å². The Morgan fingerprint density at radius 2 is 2.50 bits per heavy atom. The van der Waals surface area contributed by atoms with Crippen molar-refractivity contribution in [3.8, 4) is 0 Å². The van der Waals surface area contributed by atoms with Gasteiger partial charge in [0.2, 0.25) is 5.91 Å². The Bertz CT molecular complexity index is 374. The highest BCUT2D eigenvalue weighted by Gasteiger charge is 2.29. The lowest BCUT2D eigenvalue weighted by Crippen LogP contribution is -2.38. The molecule has 5 heteroatoms. The smallest absolute Gasteiger partial charge is 0.224 e. The molecular weight excluding hydrogens is 204 g/mol. The van der Waals surface area contributed by atoms with Crippen LogP contribution in [0.3, 0.4) is 0 Å². The Labute approximate surface area is 95.0 Å². The predicted molar refractivity (Wildman–Crippen MR) is 60.4 cm³/mol. The highest BCUT2D eigenvalue weighted by Crippen LogP contribution is 2.23. The summed E-state index contributed by atoms with van der Waals surface area (Å²) in [4.78, 5) is 11.8. The van der Waals surface area contributed by atoms with Crippen LogP contribution in [0.2, 0.25) is 0 Å². The number of carbonyl (C=O) groups excluding carboxylic acids is 1. The Kier molecular flexibility index (Phi) is 3.24. The van der Waals surface area contributed by atoms with Gasteiger partial charge >= 0.3 is 0 Å². The summed E-state index contributed by atoms with van der Waals surface area (Å²) >= 11 is 0. The molecule has 1 heterocycles. The second kappa shape index (κ2) is 4.65. The predicted octanol–water partition coefficient (Wildman–Crippen LogP) is 0.164. The van der Waals surface area contributed by atoms with Gasteiger partial charge in [0.25, 0.3) is 0 Å². The van der Waals surface area contributed by atoms with E-state index in [2.05, 4.69) is 10.4 Å². The van der Waals surface area contributed by atoms with Crippen LogP contribution in [0, 0.1) is 5.92 Å². The van der Waals surface area contributed by atoms with Gasteiger partial charge < -0.3 is 11.1 Å². The molecule has 0 saturated heterocycles. The van der Waals surface area contributed by atoms with Crippen molar-refractivity contribution in [1.82, 2.24) is 15.1 Å². The second-order valence-corrected chi connectivity index (χ2v) is 4.44. The molecule has 1 saturated carbocycles. The quantitative estimate of drug-likeness (QED) is 0.765. The number of nitrogens with two attached hydrogens (primary N) is 1. The Morgan fingerprint density at radius 3 is 3.06 bits per heavy atom. The number of hydrogen-bond donors (Lipinski definition) is 2. The average molecular weight is 222 g/mol. The summed E-state index contributed by atoms with van der Waals surface area (Å²) in [5.41, 5.74) is 6.89. The van der Waals surface area contributed by atoms with E-state index in [1.807, 2.05) is 13.2 Å². The molecule has 0 bridgehead atoms. The van der Waals surface area contributed by atoms with E-state index in [0.717, 1.165) is 24.8 Å². The third-order valence-electron chi connectivity index (χ3n) is 3.13. The average Bonchev–Trinajstić information content (AvgIpc) is 2.84. The van der Waals surface area contributed by atoms with E-state index in [9.17, 15) is 4.79 Å². The lowest BCUT2D eigenvalue weighted by atomic mass is 10.0. The van der Waals surface area contributed by atoms with E-state index >= 15 is 0 Å². The Hall–Kier alpha value is -1.36. The number of carbonyl (C=O) groups is 1. The van der Waals surface area contributed by atoms with Gasteiger partial charge in [0.05, 0.1) is 12.1 Å². The van der Waals surface area contributed by atoms with Gasteiger partial charge in [-0.1, -0.05) is 6.42 Å². The van der Waals surface area contributed by atoms with Crippen LogP contribution in [-0.4, -0.2) is 21.7 Å². The molecule has 2 unspecified atom stereocenters. The molecule has 5 nitrogen and oxygen atoms in total. The topological polar surface area (TPSA) is 72.9 Å². The molecule has 1 aliphatic carbocycles. The van der Waals surface area contributed by atoms with Crippen molar-refractivity contribution in [2.45, 2.75) is 31.8 Å². The highest BCUT2D eigenvalue weighted by atomic mass is 16.1. The first kappa shape index (κ1) is 11.1. The summed E-state index contributed by atoms with van der Waals surface area (Å²) in [7, 11) is 1.86. The molecule has 0 aromatic carbocycles. The summed E-state index contributed by atoms with van der Waals surface area (Å²) in [6.45, 7) is 0.538. The number of amides is 1. The first-order chi connectivity index (χ1) is 7.66. The minimum absolute atomic E-state index is 0.00308. The maximum atomic E-state index is 11.8. The van der Waals surface area contributed by atoms with Gasteiger partial charge in [-0.05, 0) is 12.8 Å².